The van der Waals surface area contributed by atoms with E-state index in [9.17, 15) is 19.5 Å². The molecule has 1 aromatic rings. The normalized spacial score (nSPS) is 23.4. The second-order valence-electron chi connectivity index (χ2n) is 6.62. The fourth-order valence-corrected chi connectivity index (χ4v) is 4.69. The van der Waals surface area contributed by atoms with Gasteiger partial charge in [-0.2, -0.15) is 0 Å². The number of carbonyl (C=O) groups is 3. The van der Waals surface area contributed by atoms with E-state index in [0.29, 0.717) is 11.3 Å². The number of nitrogens with one attached hydrogen (secondary N) is 1. The Morgan fingerprint density at radius 1 is 1.31 bits per heavy atom. The lowest BCUT2D eigenvalue weighted by molar-refractivity contribution is -0.151. The van der Waals surface area contributed by atoms with Crippen LogP contribution in [0.4, 0.5) is 0 Å². The summed E-state index contributed by atoms with van der Waals surface area (Å²) in [5, 5.41) is 11.8. The van der Waals surface area contributed by atoms with Crippen LogP contribution in [0.25, 0.3) is 0 Å². The summed E-state index contributed by atoms with van der Waals surface area (Å²) in [5.41, 5.74) is 7.40. The molecular formula is C18H21N3O4S. The second kappa shape index (κ2) is 7.13. The number of aliphatic carboxylic acids is 1. The molecule has 1 saturated heterocycles. The van der Waals surface area contributed by atoms with Gasteiger partial charge in [-0.1, -0.05) is 44.2 Å². The molecular weight excluding hydrogens is 354 g/mol. The molecule has 3 rings (SSSR count). The zero-order chi connectivity index (χ0) is 19.0. The summed E-state index contributed by atoms with van der Waals surface area (Å²) in [6, 6.07) is 7.24. The Morgan fingerprint density at radius 3 is 2.54 bits per heavy atom. The van der Waals surface area contributed by atoms with Crippen LogP contribution in [0.1, 0.15) is 25.5 Å². The highest BCUT2D eigenvalue weighted by Gasteiger charge is 2.54. The number of benzene rings is 1. The van der Waals surface area contributed by atoms with Crippen molar-refractivity contribution in [2.24, 2.45) is 11.7 Å². The molecule has 0 aromatic heterocycles. The molecule has 2 aliphatic rings. The minimum atomic E-state index is -1.11. The number of nitrogens with zero attached hydrogens (tertiary/aromatic N) is 1. The molecule has 4 N–H and O–H groups in total. The first-order valence-electron chi connectivity index (χ1n) is 8.34. The van der Waals surface area contributed by atoms with Crippen molar-refractivity contribution in [2.75, 3.05) is 5.75 Å². The van der Waals surface area contributed by atoms with Crippen molar-refractivity contribution in [1.29, 1.82) is 0 Å². The summed E-state index contributed by atoms with van der Waals surface area (Å²) in [6.45, 7) is 3.81. The third kappa shape index (κ3) is 3.10. The van der Waals surface area contributed by atoms with Crippen molar-refractivity contribution in [3.63, 3.8) is 0 Å². The largest absolute Gasteiger partial charge is 0.477 e. The highest BCUT2D eigenvalue weighted by molar-refractivity contribution is 8.00. The maximum Gasteiger partial charge on any atom is 0.352 e. The van der Waals surface area contributed by atoms with Crippen LogP contribution in [0, 0.1) is 5.92 Å². The molecule has 8 heteroatoms. The number of rotatable bonds is 5. The topological polar surface area (TPSA) is 113 Å². The Morgan fingerprint density at radius 2 is 1.96 bits per heavy atom. The Hall–Kier alpha value is -2.32. The molecule has 7 nitrogen and oxygen atoms in total. The van der Waals surface area contributed by atoms with Gasteiger partial charge < -0.3 is 16.2 Å². The first-order chi connectivity index (χ1) is 12.3. The molecule has 26 heavy (non-hydrogen) atoms. The third-order valence-corrected chi connectivity index (χ3v) is 5.94. The average molecular weight is 375 g/mol. The monoisotopic (exact) mass is 375 g/mol. The third-order valence-electron chi connectivity index (χ3n) is 4.64. The molecule has 0 bridgehead atoms. The lowest BCUT2D eigenvalue weighted by atomic mass is 9.97. The van der Waals surface area contributed by atoms with E-state index in [1.807, 2.05) is 19.9 Å². The molecule has 2 aliphatic heterocycles. The smallest absolute Gasteiger partial charge is 0.352 e. The molecule has 0 aliphatic carbocycles. The molecule has 138 valence electrons. The number of amides is 2. The quantitative estimate of drug-likeness (QED) is 0.664. The summed E-state index contributed by atoms with van der Waals surface area (Å²) in [5.74, 6) is -1.43. The van der Waals surface area contributed by atoms with E-state index >= 15 is 0 Å². The van der Waals surface area contributed by atoms with Gasteiger partial charge >= 0.3 is 5.97 Å². The summed E-state index contributed by atoms with van der Waals surface area (Å²) in [6.07, 6.45) is 0. The average Bonchev–Trinajstić information content (AvgIpc) is 2.64. The second-order valence-corrected chi connectivity index (χ2v) is 7.72. The number of nitrogens with two attached hydrogens (primary N) is 1. The van der Waals surface area contributed by atoms with Gasteiger partial charge in [-0.3, -0.25) is 14.5 Å². The number of carbonyl (C=O) groups excluding carboxylic acids is 2. The predicted molar refractivity (Wildman–Crippen MR) is 97.9 cm³/mol. The van der Waals surface area contributed by atoms with Crippen LogP contribution in [0.15, 0.2) is 41.6 Å². The minimum absolute atomic E-state index is 0.0301. The molecule has 3 atom stereocenters. The molecule has 0 saturated carbocycles. The molecule has 1 fully saturated rings. The number of carboxylic acids is 1. The van der Waals surface area contributed by atoms with Gasteiger partial charge in [0.15, 0.2) is 0 Å². The van der Waals surface area contributed by atoms with Gasteiger partial charge in [-0.25, -0.2) is 4.79 Å². The number of hydrogen-bond acceptors (Lipinski definition) is 5. The Labute approximate surface area is 155 Å². The minimum Gasteiger partial charge on any atom is -0.477 e. The standard InChI is InChI=1S/C18H21N3O4S/c1-9(2)11-8-26-17-13(16(23)21(17)14(11)18(24)25)20-15(22)12(19)10-6-4-3-5-7-10/h3-7,9,12-13,17H,8,19H2,1-2H3,(H,20,22)(H,24,25)/t12-,13?,17-/m1/s1. The molecule has 1 aromatic carbocycles. The first kappa shape index (κ1) is 18.5. The zero-order valence-electron chi connectivity index (χ0n) is 14.5. The fourth-order valence-electron chi connectivity index (χ4n) is 3.14. The van der Waals surface area contributed by atoms with Crippen LogP contribution in [-0.2, 0) is 14.4 Å². The van der Waals surface area contributed by atoms with Crippen LogP contribution in [0.5, 0.6) is 0 Å². The zero-order valence-corrected chi connectivity index (χ0v) is 15.3. The van der Waals surface area contributed by atoms with E-state index in [1.165, 1.54) is 16.7 Å². The van der Waals surface area contributed by atoms with E-state index in [-0.39, 0.29) is 11.6 Å². The predicted octanol–water partition coefficient (Wildman–Crippen LogP) is 1.08. The van der Waals surface area contributed by atoms with Gasteiger partial charge in [-0.15, -0.1) is 11.8 Å². The van der Waals surface area contributed by atoms with Gasteiger partial charge in [0.25, 0.3) is 5.91 Å². The van der Waals surface area contributed by atoms with Crippen molar-refractivity contribution in [1.82, 2.24) is 10.2 Å². The van der Waals surface area contributed by atoms with E-state index in [4.69, 9.17) is 5.73 Å². The number of carboxylic acid groups (broad SMARTS) is 1. The van der Waals surface area contributed by atoms with Crippen LogP contribution in [0.3, 0.4) is 0 Å². The number of thioether (sulfide) groups is 1. The SMILES string of the molecule is CC(C)C1=C(C(=O)O)N2C(=O)C(NC(=O)[C@H](N)c3ccccc3)[C@H]2SC1. The van der Waals surface area contributed by atoms with Crippen LogP contribution in [0.2, 0.25) is 0 Å². The van der Waals surface area contributed by atoms with Crippen molar-refractivity contribution in [3.05, 3.63) is 47.2 Å². The molecule has 0 radical (unpaired) electrons. The van der Waals surface area contributed by atoms with E-state index in [0.717, 1.165) is 5.57 Å². The lowest BCUT2D eigenvalue weighted by Crippen LogP contribution is -2.71. The van der Waals surface area contributed by atoms with Gasteiger partial charge in [0.2, 0.25) is 5.91 Å². The Balaban J connectivity index is 1.75. The van der Waals surface area contributed by atoms with Crippen molar-refractivity contribution in [2.45, 2.75) is 31.3 Å². The number of β-lactam (4-membered cyclic amide) rings is 1. The van der Waals surface area contributed by atoms with Crippen molar-refractivity contribution >= 4 is 29.5 Å². The molecule has 0 spiro atoms. The van der Waals surface area contributed by atoms with Gasteiger partial charge in [0.1, 0.15) is 23.2 Å². The van der Waals surface area contributed by atoms with Gasteiger partial charge in [0.05, 0.1) is 0 Å². The van der Waals surface area contributed by atoms with Gasteiger partial charge in [-0.05, 0) is 17.1 Å². The highest BCUT2D eigenvalue weighted by Crippen LogP contribution is 2.42. The first-order valence-corrected chi connectivity index (χ1v) is 9.39. The summed E-state index contributed by atoms with van der Waals surface area (Å²) in [7, 11) is 0. The lowest BCUT2D eigenvalue weighted by Gasteiger charge is -2.50. The maximum absolute atomic E-state index is 12.5. The van der Waals surface area contributed by atoms with Crippen LogP contribution < -0.4 is 11.1 Å². The summed E-state index contributed by atoms with van der Waals surface area (Å²) < 4.78 is 0. The highest BCUT2D eigenvalue weighted by atomic mass is 32.2. The summed E-state index contributed by atoms with van der Waals surface area (Å²) in [4.78, 5) is 37.9. The Kier molecular flexibility index (Phi) is 5.06. The molecule has 1 unspecified atom stereocenters. The van der Waals surface area contributed by atoms with Crippen LogP contribution in [-0.4, -0.2) is 45.0 Å². The summed E-state index contributed by atoms with van der Waals surface area (Å²) >= 11 is 1.46. The Bertz CT molecular complexity index is 778. The number of hydrogen-bond donors (Lipinski definition) is 3. The van der Waals surface area contributed by atoms with E-state index in [1.54, 1.807) is 24.3 Å². The number of fused-ring (bicyclic) bond motifs is 1. The van der Waals surface area contributed by atoms with E-state index in [2.05, 4.69) is 5.32 Å². The molecule has 2 amide bonds. The maximum atomic E-state index is 12.5. The molecule has 2 heterocycles. The van der Waals surface area contributed by atoms with Gasteiger partial charge in [0, 0.05) is 5.75 Å². The van der Waals surface area contributed by atoms with Crippen LogP contribution >= 0.6 is 11.8 Å². The fraction of sp³-hybridized carbons (Fsp3) is 0.389. The van der Waals surface area contributed by atoms with Crippen molar-refractivity contribution in [3.8, 4) is 0 Å². The van der Waals surface area contributed by atoms with Crippen molar-refractivity contribution < 1.29 is 19.5 Å². The van der Waals surface area contributed by atoms with E-state index < -0.39 is 35.2 Å².